The molecule has 4 rings (SSSR count). The third-order valence-electron chi connectivity index (χ3n) is 4.84. The van der Waals surface area contributed by atoms with E-state index in [1.54, 1.807) is 48.5 Å². The van der Waals surface area contributed by atoms with Gasteiger partial charge in [0, 0.05) is 26.7 Å². The van der Waals surface area contributed by atoms with Gasteiger partial charge in [-0.2, -0.15) is 0 Å². The van der Waals surface area contributed by atoms with Crippen molar-refractivity contribution in [3.63, 3.8) is 0 Å². The average Bonchev–Trinajstić information content (AvgIpc) is 3.20. The molecule has 0 aliphatic heterocycles. The van der Waals surface area contributed by atoms with Gasteiger partial charge >= 0.3 is 5.97 Å². The lowest BCUT2D eigenvalue weighted by Gasteiger charge is -2.06. The summed E-state index contributed by atoms with van der Waals surface area (Å²) in [5.74, 6) is -1.40. The van der Waals surface area contributed by atoms with E-state index in [0.717, 1.165) is 0 Å². The summed E-state index contributed by atoms with van der Waals surface area (Å²) >= 11 is 12.0. The number of esters is 1. The van der Waals surface area contributed by atoms with Crippen molar-refractivity contribution >= 4 is 35.0 Å². The first kappa shape index (κ1) is 21.8. The van der Waals surface area contributed by atoms with Gasteiger partial charge in [-0.05, 0) is 72.8 Å². The Labute approximate surface area is 193 Å². The number of furan rings is 1. The molecule has 0 radical (unpaired) electrons. The molecule has 0 spiro atoms. The first-order valence-electron chi connectivity index (χ1n) is 9.46. The smallest absolute Gasteiger partial charge is 0.342 e. The molecule has 0 fully saturated rings. The highest BCUT2D eigenvalue weighted by atomic mass is 35.5. The van der Waals surface area contributed by atoms with E-state index in [-0.39, 0.29) is 22.6 Å². The molecule has 0 aliphatic carbocycles. The van der Waals surface area contributed by atoms with Crippen LogP contribution in [0.4, 0.5) is 4.39 Å². The molecular weight excluding hydrogens is 454 g/mol. The summed E-state index contributed by atoms with van der Waals surface area (Å²) in [6.45, 7) is 0. The maximum atomic E-state index is 13.6. The van der Waals surface area contributed by atoms with Crippen molar-refractivity contribution in [1.29, 1.82) is 0 Å². The molecular formula is C25H15Cl2FO4. The lowest BCUT2D eigenvalue weighted by Crippen LogP contribution is -2.11. The van der Waals surface area contributed by atoms with Gasteiger partial charge in [0.1, 0.15) is 22.9 Å². The number of carbonyl (C=O) groups is 2. The highest BCUT2D eigenvalue weighted by molar-refractivity contribution is 6.31. The lowest BCUT2D eigenvalue weighted by molar-refractivity contribution is 0.0598. The third-order valence-corrected chi connectivity index (χ3v) is 5.35. The largest absolute Gasteiger partial charge is 0.465 e. The maximum absolute atomic E-state index is 13.6. The molecule has 4 nitrogen and oxygen atoms in total. The topological polar surface area (TPSA) is 56.5 Å². The van der Waals surface area contributed by atoms with Crippen molar-refractivity contribution in [2.75, 3.05) is 7.11 Å². The number of rotatable bonds is 5. The van der Waals surface area contributed by atoms with E-state index < -0.39 is 17.6 Å². The number of hydrogen-bond acceptors (Lipinski definition) is 4. The van der Waals surface area contributed by atoms with E-state index in [2.05, 4.69) is 0 Å². The van der Waals surface area contributed by atoms with E-state index in [1.807, 2.05) is 0 Å². The Bertz CT molecular complexity index is 1290. The summed E-state index contributed by atoms with van der Waals surface area (Å²) in [6, 6.07) is 18.3. The van der Waals surface area contributed by atoms with E-state index in [0.29, 0.717) is 26.7 Å². The summed E-state index contributed by atoms with van der Waals surface area (Å²) in [6.07, 6.45) is 0. The normalized spacial score (nSPS) is 10.8. The van der Waals surface area contributed by atoms with Gasteiger partial charge in [0.05, 0.1) is 12.7 Å². The molecule has 0 saturated carbocycles. The van der Waals surface area contributed by atoms with Gasteiger partial charge in [0.2, 0.25) is 0 Å². The fourth-order valence-electron chi connectivity index (χ4n) is 3.30. The quantitative estimate of drug-likeness (QED) is 0.232. The molecule has 32 heavy (non-hydrogen) atoms. The summed E-state index contributed by atoms with van der Waals surface area (Å²) < 4.78 is 24.5. The van der Waals surface area contributed by atoms with Crippen LogP contribution in [0, 0.1) is 5.82 Å². The van der Waals surface area contributed by atoms with E-state index in [1.165, 1.54) is 31.4 Å². The minimum Gasteiger partial charge on any atom is -0.465 e. The van der Waals surface area contributed by atoms with Crippen molar-refractivity contribution in [2.24, 2.45) is 0 Å². The number of hydrogen-bond donors (Lipinski definition) is 0. The number of benzene rings is 3. The van der Waals surface area contributed by atoms with Gasteiger partial charge in [-0.3, -0.25) is 4.79 Å². The Balaban J connectivity index is 2.02. The van der Waals surface area contributed by atoms with Gasteiger partial charge in [-0.1, -0.05) is 23.2 Å². The van der Waals surface area contributed by atoms with Crippen LogP contribution in [0.25, 0.3) is 22.6 Å². The second-order valence-electron chi connectivity index (χ2n) is 6.85. The minimum absolute atomic E-state index is 0.0285. The van der Waals surface area contributed by atoms with Crippen LogP contribution in [0.2, 0.25) is 10.0 Å². The van der Waals surface area contributed by atoms with Crippen LogP contribution in [-0.4, -0.2) is 18.9 Å². The molecule has 1 heterocycles. The van der Waals surface area contributed by atoms with Gasteiger partial charge < -0.3 is 9.15 Å². The van der Waals surface area contributed by atoms with Crippen LogP contribution in [0.15, 0.2) is 77.2 Å². The molecule has 160 valence electrons. The number of ether oxygens (including phenoxy) is 1. The zero-order valence-corrected chi connectivity index (χ0v) is 18.2. The maximum Gasteiger partial charge on any atom is 0.342 e. The van der Waals surface area contributed by atoms with Gasteiger partial charge in [0.15, 0.2) is 5.78 Å². The SMILES string of the molecule is COC(=O)c1c(-c2ccc(F)cc2)oc(-c2ccc(Cl)cc2)c1C(=O)c1ccc(Cl)cc1. The van der Waals surface area contributed by atoms with Crippen molar-refractivity contribution in [3.05, 3.63) is 105 Å². The lowest BCUT2D eigenvalue weighted by atomic mass is 9.95. The molecule has 0 bridgehead atoms. The number of methoxy groups -OCH3 is 1. The molecule has 1 aromatic heterocycles. The van der Waals surface area contributed by atoms with Crippen molar-refractivity contribution in [3.8, 4) is 22.6 Å². The fourth-order valence-corrected chi connectivity index (χ4v) is 3.55. The standard InChI is InChI=1S/C25H15Cl2FO4/c1-31-25(30)21-20(22(29)14-2-8-17(26)9-3-14)23(15-4-10-18(27)11-5-15)32-24(21)16-6-12-19(28)13-7-16/h2-13H,1H3. The second-order valence-corrected chi connectivity index (χ2v) is 7.72. The summed E-state index contributed by atoms with van der Waals surface area (Å²) in [5, 5.41) is 0.963. The number of carbonyl (C=O) groups excluding carboxylic acids is 2. The fraction of sp³-hybridized carbons (Fsp3) is 0.0400. The Kier molecular flexibility index (Phi) is 6.12. The van der Waals surface area contributed by atoms with Gasteiger partial charge in [0.25, 0.3) is 0 Å². The van der Waals surface area contributed by atoms with Crippen LogP contribution < -0.4 is 0 Å². The third kappa shape index (κ3) is 4.17. The molecule has 0 saturated heterocycles. The molecule has 0 N–H and O–H groups in total. The van der Waals surface area contributed by atoms with E-state index in [9.17, 15) is 14.0 Å². The zero-order chi connectivity index (χ0) is 22.8. The zero-order valence-electron chi connectivity index (χ0n) is 16.7. The summed E-state index contributed by atoms with van der Waals surface area (Å²) in [5.41, 5.74) is 1.23. The Morgan fingerprint density at radius 2 is 1.22 bits per heavy atom. The summed E-state index contributed by atoms with van der Waals surface area (Å²) in [7, 11) is 1.21. The van der Waals surface area contributed by atoms with Crippen LogP contribution in [-0.2, 0) is 4.74 Å². The predicted octanol–water partition coefficient (Wildman–Crippen LogP) is 7.08. The number of ketones is 1. The summed E-state index contributed by atoms with van der Waals surface area (Å²) in [4.78, 5) is 26.4. The van der Waals surface area contributed by atoms with Crippen LogP contribution in [0.1, 0.15) is 26.3 Å². The molecule has 3 aromatic carbocycles. The second kappa shape index (κ2) is 8.99. The van der Waals surface area contributed by atoms with Crippen LogP contribution in [0.3, 0.4) is 0 Å². The minimum atomic E-state index is -0.759. The molecule has 0 atom stereocenters. The van der Waals surface area contributed by atoms with Crippen molar-refractivity contribution < 1.29 is 23.1 Å². The molecule has 0 aliphatic rings. The molecule has 7 heteroatoms. The Hall–Kier alpha value is -3.41. The van der Waals surface area contributed by atoms with E-state index >= 15 is 0 Å². The van der Waals surface area contributed by atoms with Crippen LogP contribution in [0.5, 0.6) is 0 Å². The molecule has 4 aromatic rings. The first-order chi connectivity index (χ1) is 15.4. The molecule has 0 amide bonds. The Morgan fingerprint density at radius 3 is 1.75 bits per heavy atom. The monoisotopic (exact) mass is 468 g/mol. The highest BCUT2D eigenvalue weighted by Crippen LogP contribution is 2.39. The first-order valence-corrected chi connectivity index (χ1v) is 10.2. The van der Waals surface area contributed by atoms with Crippen molar-refractivity contribution in [2.45, 2.75) is 0 Å². The van der Waals surface area contributed by atoms with Crippen LogP contribution >= 0.6 is 23.2 Å². The van der Waals surface area contributed by atoms with Gasteiger partial charge in [-0.15, -0.1) is 0 Å². The highest BCUT2D eigenvalue weighted by Gasteiger charge is 2.32. The predicted molar refractivity (Wildman–Crippen MR) is 121 cm³/mol. The molecule has 0 unspecified atom stereocenters. The Morgan fingerprint density at radius 1 is 0.750 bits per heavy atom. The average molecular weight is 469 g/mol. The number of halogens is 3. The van der Waals surface area contributed by atoms with Crippen molar-refractivity contribution in [1.82, 2.24) is 0 Å². The van der Waals surface area contributed by atoms with E-state index in [4.69, 9.17) is 32.4 Å². The van der Waals surface area contributed by atoms with Gasteiger partial charge in [-0.25, -0.2) is 9.18 Å².